The third-order valence-electron chi connectivity index (χ3n) is 6.47. The van der Waals surface area contributed by atoms with Gasteiger partial charge < -0.3 is 9.72 Å². The monoisotopic (exact) mass is 782 g/mol. The summed E-state index contributed by atoms with van der Waals surface area (Å²) < 4.78 is 5.36. The molecule has 231 valence electrons. The number of rotatable bonds is 5. The zero-order valence-electron chi connectivity index (χ0n) is 26.7. The molecule has 0 N–H and O–H groups in total. The minimum Gasteiger partial charge on any atom is -0.482 e. The van der Waals surface area contributed by atoms with Crippen molar-refractivity contribution in [2.75, 3.05) is 6.61 Å². The van der Waals surface area contributed by atoms with Crippen molar-refractivity contribution in [3.05, 3.63) is 144 Å². The van der Waals surface area contributed by atoms with Gasteiger partial charge in [-0.3, -0.25) is 19.9 Å². The van der Waals surface area contributed by atoms with Crippen LogP contribution in [-0.4, -0.2) is 31.5 Å². The summed E-state index contributed by atoms with van der Waals surface area (Å²) in [6, 6.07) is 28.8. The average Bonchev–Trinajstić information content (AvgIpc) is 3.05. The summed E-state index contributed by atoms with van der Waals surface area (Å²) in [6.07, 6.45) is 14.1. The van der Waals surface area contributed by atoms with E-state index in [1.165, 1.54) is 27.8 Å². The molecule has 0 amide bonds. The van der Waals surface area contributed by atoms with E-state index in [1.54, 1.807) is 12.3 Å². The quantitative estimate of drug-likeness (QED) is 0.129. The number of aromatic nitrogens is 5. The Morgan fingerprint density at radius 1 is 0.543 bits per heavy atom. The summed E-state index contributed by atoms with van der Waals surface area (Å²) in [5.74, 6) is 3.16. The summed E-state index contributed by atoms with van der Waals surface area (Å²) in [4.78, 5) is 21.4. The number of ether oxygens (including phenoxy) is 1. The van der Waals surface area contributed by atoms with E-state index >= 15 is 0 Å². The zero-order chi connectivity index (χ0) is 32.0. The van der Waals surface area contributed by atoms with Gasteiger partial charge in [0.25, 0.3) is 0 Å². The Hall–Kier alpha value is -5.03. The van der Waals surface area contributed by atoms with Gasteiger partial charge in [0.05, 0.1) is 22.8 Å². The smallest absolute Gasteiger partial charge is 0.482 e. The predicted molar refractivity (Wildman–Crippen MR) is 181 cm³/mol. The molecule has 0 bridgehead atoms. The number of nitrogens with zero attached hydrogens (tertiary/aromatic N) is 5. The molecule has 0 saturated carbocycles. The topological polar surface area (TPSA) is 73.7 Å². The molecule has 0 aliphatic rings. The van der Waals surface area contributed by atoms with Gasteiger partial charge in [0.2, 0.25) is 0 Å². The van der Waals surface area contributed by atoms with Gasteiger partial charge in [-0.25, -0.2) is 0 Å². The van der Waals surface area contributed by atoms with E-state index in [-0.39, 0.29) is 26.4 Å². The van der Waals surface area contributed by atoms with Crippen LogP contribution in [0.15, 0.2) is 110 Å². The van der Waals surface area contributed by atoms with Crippen LogP contribution < -0.4 is 4.74 Å². The minimum atomic E-state index is 0. The first-order valence-electron chi connectivity index (χ1n) is 14.5. The van der Waals surface area contributed by atoms with Gasteiger partial charge in [-0.2, -0.15) is 0 Å². The summed E-state index contributed by atoms with van der Waals surface area (Å²) in [7, 11) is 0. The second-order valence-corrected chi connectivity index (χ2v) is 10.5. The Morgan fingerprint density at radius 3 is 1.33 bits per heavy atom. The number of hydrogen-bond acceptors (Lipinski definition) is 6. The van der Waals surface area contributed by atoms with Crippen molar-refractivity contribution in [3.8, 4) is 52.1 Å². The molecule has 1 radical (unpaired) electrons. The molecule has 0 fully saturated rings. The van der Waals surface area contributed by atoms with Crippen molar-refractivity contribution in [2.24, 2.45) is 0 Å². The van der Waals surface area contributed by atoms with E-state index in [0.29, 0.717) is 0 Å². The van der Waals surface area contributed by atoms with Crippen molar-refractivity contribution in [2.45, 2.75) is 34.6 Å². The summed E-state index contributed by atoms with van der Waals surface area (Å²) in [6.45, 7) is 10.5. The van der Waals surface area contributed by atoms with Gasteiger partial charge >= 0.3 is 19.8 Å². The first-order chi connectivity index (χ1) is 21.8. The van der Waals surface area contributed by atoms with Crippen LogP contribution in [0.3, 0.4) is 0 Å². The van der Waals surface area contributed by atoms with Gasteiger partial charge in [0.15, 0.2) is 0 Å². The minimum absolute atomic E-state index is 0. The van der Waals surface area contributed by atoms with E-state index < -0.39 is 0 Å². The zero-order valence-corrected chi connectivity index (χ0v) is 29.2. The van der Waals surface area contributed by atoms with E-state index in [4.69, 9.17) is 11.2 Å². The van der Waals surface area contributed by atoms with Crippen molar-refractivity contribution in [1.29, 1.82) is 0 Å². The average molecular weight is 781 g/mol. The maximum atomic E-state index is 5.36. The fourth-order valence-electron chi connectivity index (χ4n) is 4.21. The van der Waals surface area contributed by atoms with Crippen molar-refractivity contribution >= 4 is 0 Å². The maximum absolute atomic E-state index is 5.36. The largest absolute Gasteiger partial charge is 1.00 e. The van der Waals surface area contributed by atoms with Crippen molar-refractivity contribution in [3.63, 3.8) is 0 Å². The Bertz CT molecular complexity index is 1730. The van der Waals surface area contributed by atoms with E-state index in [9.17, 15) is 0 Å². The second kappa shape index (κ2) is 18.1. The van der Waals surface area contributed by atoms with Crippen LogP contribution in [0, 0.1) is 53.0 Å². The van der Waals surface area contributed by atoms with Gasteiger partial charge in [-0.1, -0.05) is 12.8 Å². The van der Waals surface area contributed by atoms with Crippen LogP contribution in [0.4, 0.5) is 0 Å². The van der Waals surface area contributed by atoms with Crippen LogP contribution in [0.2, 0.25) is 0 Å². The number of benzene rings is 1. The molecular weight excluding hydrogens is 745 g/mol. The second-order valence-electron chi connectivity index (χ2n) is 10.5. The predicted octanol–water partition coefficient (Wildman–Crippen LogP) is 8.39. The third-order valence-corrected chi connectivity index (χ3v) is 6.47. The van der Waals surface area contributed by atoms with Crippen LogP contribution in [-0.2, 0) is 19.8 Å². The number of pyridine rings is 5. The van der Waals surface area contributed by atoms with E-state index in [0.717, 1.165) is 39.8 Å². The molecule has 46 heavy (non-hydrogen) atoms. The van der Waals surface area contributed by atoms with Crippen molar-refractivity contribution < 1.29 is 24.5 Å². The molecule has 6 nitrogen and oxygen atoms in total. The summed E-state index contributed by atoms with van der Waals surface area (Å²) in [5.41, 5.74) is 11.5. The molecule has 0 aliphatic carbocycles. The number of terminal acetylenes is 1. The van der Waals surface area contributed by atoms with Gasteiger partial charge in [-0.15, -0.1) is 41.8 Å². The molecule has 7 heteroatoms. The van der Waals surface area contributed by atoms with Crippen molar-refractivity contribution in [1.82, 2.24) is 24.9 Å². The first-order valence-corrected chi connectivity index (χ1v) is 14.5. The normalized spacial score (nSPS) is 9.74. The van der Waals surface area contributed by atoms with Gasteiger partial charge in [0.1, 0.15) is 12.4 Å². The maximum Gasteiger partial charge on any atom is 1.00 e. The fraction of sp³-hybridized carbons (Fsp3) is 0.154. The molecule has 1 aromatic carbocycles. The van der Waals surface area contributed by atoms with E-state index in [2.05, 4.69) is 64.6 Å². The number of hydrogen-bond donors (Lipinski definition) is 0. The SMILES string of the molecule is C#CCOc1ccnc(-c2[c-]ccc(C)c2)c1.Cc1ccnc(-c2cc(C)ccn2)c1.Cc1ccnc(-c2cc(C)ccn2)c1.[Os+]. The van der Waals surface area contributed by atoms with E-state index in [1.807, 2.05) is 105 Å². The van der Waals surface area contributed by atoms with Gasteiger partial charge in [0, 0.05) is 31.0 Å². The Labute approximate surface area is 285 Å². The van der Waals surface area contributed by atoms with Crippen LogP contribution >= 0.6 is 0 Å². The molecule has 5 heterocycles. The Kier molecular flexibility index (Phi) is 13.9. The Morgan fingerprint density at radius 2 is 0.935 bits per heavy atom. The third kappa shape index (κ3) is 11.2. The molecule has 6 rings (SSSR count). The molecule has 5 aromatic heterocycles. The molecule has 0 atom stereocenters. The van der Waals surface area contributed by atoms with Crippen LogP contribution in [0.1, 0.15) is 27.8 Å². The first kappa shape index (κ1) is 35.4. The van der Waals surface area contributed by atoms with Crippen LogP contribution in [0.25, 0.3) is 34.0 Å². The number of aryl methyl sites for hydroxylation is 5. The summed E-state index contributed by atoms with van der Waals surface area (Å²) in [5, 5.41) is 0. The Balaban J connectivity index is 0.000000187. The molecule has 0 aliphatic heterocycles. The standard InChI is InChI=1S/C15H12NO.2C12H12N2.Os/c1-3-9-17-14-7-8-16-15(11-14)13-6-4-5-12(2)10-13;2*1-9-3-5-13-11(7-9)12-8-10(2)4-6-14-12;/h1,4-5,7-8,10-11H,9H2,2H3;2*3-8H,1-2H3;/q-1;;;+1. The molecule has 0 unspecified atom stereocenters. The molecular formula is C39H36N5OOs. The summed E-state index contributed by atoms with van der Waals surface area (Å²) >= 11 is 0. The van der Waals surface area contributed by atoms with Gasteiger partial charge in [-0.05, 0) is 116 Å². The van der Waals surface area contributed by atoms with Crippen LogP contribution in [0.5, 0.6) is 5.75 Å². The molecule has 0 saturated heterocycles. The fourth-order valence-corrected chi connectivity index (χ4v) is 4.21. The molecule has 6 aromatic rings. The molecule has 0 spiro atoms.